The number of carbonyl (C=O) groups excluding carboxylic acids is 2. The quantitative estimate of drug-likeness (QED) is 0.327. The highest BCUT2D eigenvalue weighted by molar-refractivity contribution is 6.00. The van der Waals surface area contributed by atoms with Gasteiger partial charge in [0, 0.05) is 42.4 Å². The average molecular weight is 539 g/mol. The van der Waals surface area contributed by atoms with Crippen molar-refractivity contribution in [1.29, 1.82) is 0 Å². The van der Waals surface area contributed by atoms with Crippen molar-refractivity contribution in [3.05, 3.63) is 77.9 Å². The van der Waals surface area contributed by atoms with E-state index in [0.29, 0.717) is 39.5 Å². The van der Waals surface area contributed by atoms with Crippen molar-refractivity contribution in [3.63, 3.8) is 0 Å². The zero-order chi connectivity index (χ0) is 28.6. The summed E-state index contributed by atoms with van der Waals surface area (Å²) in [7, 11) is 3.42. The fourth-order valence-corrected chi connectivity index (χ4v) is 4.19. The molecule has 2 aromatic carbocycles. The minimum atomic E-state index is -0.204. The molecule has 0 spiro atoms. The highest BCUT2D eigenvalue weighted by Crippen LogP contribution is 2.32. The summed E-state index contributed by atoms with van der Waals surface area (Å²) < 4.78 is 7.05. The minimum Gasteiger partial charge on any atom is -0.383 e. The van der Waals surface area contributed by atoms with Crippen LogP contribution in [0.2, 0.25) is 0 Å². The third-order valence-corrected chi connectivity index (χ3v) is 6.34. The number of fused-ring (bicyclic) bond motifs is 1. The lowest BCUT2D eigenvalue weighted by Gasteiger charge is -2.12. The zero-order valence-electron chi connectivity index (χ0n) is 23.0. The fourth-order valence-electron chi connectivity index (χ4n) is 4.19. The number of carbonyl (C=O) groups is 2. The Bertz CT molecular complexity index is 1690. The van der Waals surface area contributed by atoms with Crippen LogP contribution in [0, 0.1) is 0 Å². The van der Waals surface area contributed by atoms with Crippen molar-refractivity contribution in [3.8, 4) is 16.9 Å². The molecule has 3 aromatic heterocycles. The second kappa shape index (κ2) is 10.3. The first kappa shape index (κ1) is 26.5. The number of aromatic nitrogens is 5. The summed E-state index contributed by atoms with van der Waals surface area (Å²) in [4.78, 5) is 35.0. The first-order chi connectivity index (χ1) is 19.0. The van der Waals surface area contributed by atoms with Crippen molar-refractivity contribution in [1.82, 2.24) is 29.8 Å². The van der Waals surface area contributed by atoms with Gasteiger partial charge in [0.05, 0.1) is 23.2 Å². The van der Waals surface area contributed by atoms with Crippen LogP contribution in [0.25, 0.3) is 28.0 Å². The van der Waals surface area contributed by atoms with Crippen LogP contribution in [0.3, 0.4) is 0 Å². The SMILES string of the molecule is CN(C)C(=O)c1ccc(-c2nn(-c3ccc(NC(=O)Cc4cc(C(C)(C)C)on4)cc3)c3ncnc(N)c23)cc1. The molecule has 2 amide bonds. The number of hydrogen-bond acceptors (Lipinski definition) is 8. The molecule has 3 N–H and O–H groups in total. The van der Waals surface area contributed by atoms with Gasteiger partial charge in [-0.1, -0.05) is 38.1 Å². The maximum absolute atomic E-state index is 12.6. The van der Waals surface area contributed by atoms with E-state index in [2.05, 4.69) is 20.4 Å². The largest absolute Gasteiger partial charge is 0.383 e. The summed E-state index contributed by atoms with van der Waals surface area (Å²) in [5.41, 5.74) is 10.5. The van der Waals surface area contributed by atoms with Gasteiger partial charge in [-0.2, -0.15) is 5.10 Å². The normalized spacial score (nSPS) is 11.5. The molecule has 0 saturated heterocycles. The van der Waals surface area contributed by atoms with Gasteiger partial charge in [-0.05, 0) is 36.4 Å². The maximum atomic E-state index is 12.6. The van der Waals surface area contributed by atoms with Crippen LogP contribution in [0.4, 0.5) is 11.5 Å². The summed E-state index contributed by atoms with van der Waals surface area (Å²) in [6.07, 6.45) is 1.49. The van der Waals surface area contributed by atoms with E-state index >= 15 is 0 Å². The molecule has 11 heteroatoms. The smallest absolute Gasteiger partial charge is 0.253 e. The lowest BCUT2D eigenvalue weighted by molar-refractivity contribution is -0.115. The Morgan fingerprint density at radius 2 is 1.73 bits per heavy atom. The number of benzene rings is 2. The molecule has 0 atom stereocenters. The Balaban J connectivity index is 1.39. The van der Waals surface area contributed by atoms with Gasteiger partial charge < -0.3 is 20.5 Å². The van der Waals surface area contributed by atoms with Gasteiger partial charge >= 0.3 is 0 Å². The molecule has 0 radical (unpaired) electrons. The van der Waals surface area contributed by atoms with Crippen molar-refractivity contribution in [2.45, 2.75) is 32.6 Å². The molecule has 0 fully saturated rings. The van der Waals surface area contributed by atoms with Crippen LogP contribution in [0.15, 0.2) is 65.4 Å². The predicted octanol–water partition coefficient (Wildman–Crippen LogP) is 4.23. The molecular formula is C29H30N8O3. The molecule has 204 valence electrons. The van der Waals surface area contributed by atoms with Gasteiger partial charge in [0.1, 0.15) is 23.6 Å². The summed E-state index contributed by atoms with van der Waals surface area (Å²) in [5, 5.41) is 12.3. The molecule has 3 heterocycles. The first-order valence-corrected chi connectivity index (χ1v) is 12.7. The molecule has 40 heavy (non-hydrogen) atoms. The highest BCUT2D eigenvalue weighted by atomic mass is 16.5. The van der Waals surface area contributed by atoms with Crippen LogP contribution in [-0.2, 0) is 16.6 Å². The second-order valence-electron chi connectivity index (χ2n) is 10.7. The van der Waals surface area contributed by atoms with E-state index in [1.54, 1.807) is 43.0 Å². The third kappa shape index (κ3) is 5.26. The van der Waals surface area contributed by atoms with E-state index in [0.717, 1.165) is 17.0 Å². The molecule has 0 saturated carbocycles. The second-order valence-corrected chi connectivity index (χ2v) is 10.7. The van der Waals surface area contributed by atoms with Gasteiger partial charge in [-0.3, -0.25) is 9.59 Å². The average Bonchev–Trinajstić information content (AvgIpc) is 3.55. The van der Waals surface area contributed by atoms with E-state index in [1.165, 1.54) is 11.2 Å². The van der Waals surface area contributed by atoms with Crippen LogP contribution in [-0.4, -0.2) is 55.7 Å². The molecule has 11 nitrogen and oxygen atoms in total. The number of nitrogens with two attached hydrogens (primary N) is 1. The molecule has 0 aliphatic rings. The van der Waals surface area contributed by atoms with Gasteiger partial charge in [-0.15, -0.1) is 0 Å². The lowest BCUT2D eigenvalue weighted by Crippen LogP contribution is -2.21. The van der Waals surface area contributed by atoms with Gasteiger partial charge in [0.25, 0.3) is 5.91 Å². The van der Waals surface area contributed by atoms with Gasteiger partial charge in [-0.25, -0.2) is 14.6 Å². The minimum absolute atomic E-state index is 0.0901. The Morgan fingerprint density at radius 3 is 2.35 bits per heavy atom. The van der Waals surface area contributed by atoms with Crippen LogP contribution >= 0.6 is 0 Å². The topological polar surface area (TPSA) is 145 Å². The summed E-state index contributed by atoms with van der Waals surface area (Å²) in [6, 6.07) is 16.2. The number of anilines is 2. The van der Waals surface area contributed by atoms with Crippen molar-refractivity contribution in [2.75, 3.05) is 25.1 Å². The molecular weight excluding hydrogens is 508 g/mol. The number of nitrogen functional groups attached to an aromatic ring is 1. The maximum Gasteiger partial charge on any atom is 0.253 e. The Kier molecular flexibility index (Phi) is 6.80. The van der Waals surface area contributed by atoms with Gasteiger partial charge in [0.2, 0.25) is 5.91 Å². The Labute approximate surface area is 231 Å². The van der Waals surface area contributed by atoms with Crippen LogP contribution < -0.4 is 11.1 Å². The van der Waals surface area contributed by atoms with Crippen LogP contribution in [0.1, 0.15) is 42.6 Å². The van der Waals surface area contributed by atoms with E-state index in [1.807, 2.05) is 51.1 Å². The monoisotopic (exact) mass is 538 g/mol. The standard InChI is InChI=1S/C29H30N8O3/c1-29(2,3)22-14-20(35-40-22)15-23(38)33-19-10-12-21(13-11-19)37-27-24(26(30)31-16-32-27)25(34-37)17-6-8-18(9-7-17)28(39)36(4)5/h6-14,16H,15H2,1-5H3,(H,33,38)(H2,30,31,32). The van der Waals surface area contributed by atoms with E-state index < -0.39 is 0 Å². The van der Waals surface area contributed by atoms with Crippen LogP contribution in [0.5, 0.6) is 0 Å². The van der Waals surface area contributed by atoms with E-state index in [4.69, 9.17) is 15.4 Å². The van der Waals surface area contributed by atoms with E-state index in [-0.39, 0.29) is 23.7 Å². The number of hydrogen-bond donors (Lipinski definition) is 2. The first-order valence-electron chi connectivity index (χ1n) is 12.7. The van der Waals surface area contributed by atoms with Crippen molar-refractivity contribution >= 4 is 34.4 Å². The molecule has 5 rings (SSSR count). The van der Waals surface area contributed by atoms with Crippen molar-refractivity contribution in [2.24, 2.45) is 0 Å². The van der Waals surface area contributed by atoms with Crippen molar-refractivity contribution < 1.29 is 14.1 Å². The zero-order valence-corrected chi connectivity index (χ0v) is 23.0. The fraction of sp³-hybridized carbons (Fsp3) is 0.241. The molecule has 0 unspecified atom stereocenters. The summed E-state index contributed by atoms with van der Waals surface area (Å²) in [5.74, 6) is 0.733. The highest BCUT2D eigenvalue weighted by Gasteiger charge is 2.21. The molecule has 5 aromatic rings. The predicted molar refractivity (Wildman–Crippen MR) is 152 cm³/mol. The number of nitrogens with one attached hydrogen (secondary N) is 1. The third-order valence-electron chi connectivity index (χ3n) is 6.34. The summed E-state index contributed by atoms with van der Waals surface area (Å²) >= 11 is 0. The number of amides is 2. The summed E-state index contributed by atoms with van der Waals surface area (Å²) in [6.45, 7) is 6.07. The molecule has 0 bridgehead atoms. The number of rotatable bonds is 6. The lowest BCUT2D eigenvalue weighted by atomic mass is 9.93. The van der Waals surface area contributed by atoms with E-state index in [9.17, 15) is 9.59 Å². The van der Waals surface area contributed by atoms with Gasteiger partial charge in [0.15, 0.2) is 5.65 Å². The molecule has 0 aliphatic heterocycles. The Morgan fingerprint density at radius 1 is 1.02 bits per heavy atom. The molecule has 0 aliphatic carbocycles. The Hall–Kier alpha value is -5.06. The number of nitrogens with zero attached hydrogens (tertiary/aromatic N) is 6.